The average molecular weight is 436 g/mol. The molecule has 2 heterocycles. The van der Waals surface area contributed by atoms with Crippen LogP contribution in [0.5, 0.6) is 5.75 Å². The Hall–Kier alpha value is -4.21. The maximum Gasteiger partial charge on any atom is 0.359 e. The van der Waals surface area contributed by atoms with Gasteiger partial charge in [0.2, 0.25) is 0 Å². The van der Waals surface area contributed by atoms with E-state index >= 15 is 0 Å². The molecule has 32 heavy (non-hydrogen) atoms. The van der Waals surface area contributed by atoms with E-state index in [0.717, 1.165) is 0 Å². The molecular formula is C22H20N4O6. The van der Waals surface area contributed by atoms with Crippen molar-refractivity contribution in [2.75, 3.05) is 25.2 Å². The van der Waals surface area contributed by atoms with E-state index in [0.29, 0.717) is 35.7 Å². The van der Waals surface area contributed by atoms with E-state index in [1.54, 1.807) is 31.2 Å². The number of anilines is 1. The molecule has 1 aliphatic heterocycles. The molecule has 0 bridgehead atoms. The Morgan fingerprint density at radius 3 is 2.59 bits per heavy atom. The van der Waals surface area contributed by atoms with E-state index in [9.17, 15) is 19.7 Å². The summed E-state index contributed by atoms with van der Waals surface area (Å²) in [4.78, 5) is 38.0. The number of nitrogens with zero attached hydrogens (tertiary/aromatic N) is 4. The largest absolute Gasteiger partial charge is 0.497 e. The third-order valence-corrected chi connectivity index (χ3v) is 5.16. The van der Waals surface area contributed by atoms with Gasteiger partial charge in [0, 0.05) is 36.0 Å². The Morgan fingerprint density at radius 1 is 1.19 bits per heavy atom. The van der Waals surface area contributed by atoms with Gasteiger partial charge in [0.1, 0.15) is 11.4 Å². The molecule has 0 atom stereocenters. The van der Waals surface area contributed by atoms with Crippen molar-refractivity contribution in [3.63, 3.8) is 0 Å². The van der Waals surface area contributed by atoms with Crippen LogP contribution in [0.15, 0.2) is 48.5 Å². The van der Waals surface area contributed by atoms with Gasteiger partial charge in [-0.15, -0.1) is 0 Å². The number of carbonyl (C=O) groups excluding carboxylic acids is 2. The fourth-order valence-corrected chi connectivity index (χ4v) is 3.65. The lowest BCUT2D eigenvalue weighted by atomic mass is 10.0. The number of amides is 1. The number of carbonyl (C=O) groups is 2. The molecule has 2 aromatic carbocycles. The van der Waals surface area contributed by atoms with Gasteiger partial charge in [0.25, 0.3) is 11.6 Å². The highest BCUT2D eigenvalue weighted by atomic mass is 16.6. The van der Waals surface area contributed by atoms with Crippen LogP contribution in [-0.2, 0) is 11.2 Å². The number of non-ortho nitro benzene ring substituents is 1. The molecule has 4 rings (SSSR count). The molecule has 0 radical (unpaired) electrons. The summed E-state index contributed by atoms with van der Waals surface area (Å²) in [5, 5.41) is 15.4. The second kappa shape index (κ2) is 8.50. The first-order chi connectivity index (χ1) is 15.4. The second-order valence-electron chi connectivity index (χ2n) is 6.99. The number of nitro benzene ring substituents is 1. The number of rotatable bonds is 6. The number of hydrogen-bond donors (Lipinski definition) is 0. The first-order valence-electron chi connectivity index (χ1n) is 9.94. The Kier molecular flexibility index (Phi) is 5.59. The Labute approximate surface area is 183 Å². The van der Waals surface area contributed by atoms with Crippen molar-refractivity contribution in [2.24, 2.45) is 0 Å². The van der Waals surface area contributed by atoms with E-state index in [-0.39, 0.29) is 29.6 Å². The van der Waals surface area contributed by atoms with Gasteiger partial charge in [-0.05, 0) is 37.6 Å². The van der Waals surface area contributed by atoms with Crippen LogP contribution < -0.4 is 9.64 Å². The monoisotopic (exact) mass is 436 g/mol. The van der Waals surface area contributed by atoms with E-state index in [1.165, 1.54) is 41.0 Å². The fourth-order valence-electron chi connectivity index (χ4n) is 3.65. The van der Waals surface area contributed by atoms with E-state index in [4.69, 9.17) is 9.47 Å². The SMILES string of the molecule is CCOC(=O)c1nn(-c2cccc(OC)c2)c2c1CCN(c1ccc([N+](=O)[O-])cc1)C2=O. The number of hydrogen-bond acceptors (Lipinski definition) is 7. The van der Waals surface area contributed by atoms with Crippen molar-refractivity contribution in [3.05, 3.63) is 75.6 Å². The van der Waals surface area contributed by atoms with E-state index in [1.807, 2.05) is 0 Å². The van der Waals surface area contributed by atoms with Gasteiger partial charge in [0.05, 0.1) is 24.3 Å². The summed E-state index contributed by atoms with van der Waals surface area (Å²) >= 11 is 0. The lowest BCUT2D eigenvalue weighted by Crippen LogP contribution is -2.39. The molecule has 10 heteroatoms. The molecule has 1 amide bonds. The maximum atomic E-state index is 13.5. The zero-order valence-corrected chi connectivity index (χ0v) is 17.5. The number of ether oxygens (including phenoxy) is 2. The molecule has 1 aliphatic rings. The molecule has 10 nitrogen and oxygen atoms in total. The highest BCUT2D eigenvalue weighted by Crippen LogP contribution is 2.30. The summed E-state index contributed by atoms with van der Waals surface area (Å²) in [5.41, 5.74) is 1.85. The van der Waals surface area contributed by atoms with Crippen molar-refractivity contribution in [1.29, 1.82) is 0 Å². The van der Waals surface area contributed by atoms with Crippen molar-refractivity contribution >= 4 is 23.3 Å². The number of nitro groups is 1. The molecule has 1 aromatic heterocycles. The molecule has 0 saturated carbocycles. The minimum atomic E-state index is -0.595. The molecule has 0 fully saturated rings. The summed E-state index contributed by atoms with van der Waals surface area (Å²) in [6, 6.07) is 12.7. The molecule has 0 spiro atoms. The highest BCUT2D eigenvalue weighted by Gasteiger charge is 2.35. The van der Waals surface area contributed by atoms with Crippen molar-refractivity contribution in [2.45, 2.75) is 13.3 Å². The summed E-state index contributed by atoms with van der Waals surface area (Å²) in [5.74, 6) is -0.395. The lowest BCUT2D eigenvalue weighted by Gasteiger charge is -2.27. The minimum Gasteiger partial charge on any atom is -0.497 e. The molecule has 0 unspecified atom stereocenters. The molecular weight excluding hydrogens is 416 g/mol. The van der Waals surface area contributed by atoms with Crippen LogP contribution in [-0.4, -0.2) is 46.8 Å². The molecule has 3 aromatic rings. The van der Waals surface area contributed by atoms with Crippen molar-refractivity contribution in [1.82, 2.24) is 9.78 Å². The van der Waals surface area contributed by atoms with Gasteiger partial charge in [-0.25, -0.2) is 9.48 Å². The van der Waals surface area contributed by atoms with E-state index < -0.39 is 10.9 Å². The summed E-state index contributed by atoms with van der Waals surface area (Å²) < 4.78 is 11.8. The lowest BCUT2D eigenvalue weighted by molar-refractivity contribution is -0.384. The first kappa shape index (κ1) is 21.0. The standard InChI is InChI=1S/C22H20N4O6/c1-3-32-22(28)19-18-11-12-24(14-7-9-15(10-8-14)26(29)30)21(27)20(18)25(23-19)16-5-4-6-17(13-16)31-2/h4-10,13H,3,11-12H2,1-2H3. The van der Waals surface area contributed by atoms with Crippen molar-refractivity contribution in [3.8, 4) is 11.4 Å². The zero-order chi connectivity index (χ0) is 22.8. The van der Waals surface area contributed by atoms with Crippen molar-refractivity contribution < 1.29 is 24.0 Å². The number of esters is 1. The van der Waals surface area contributed by atoms with Crippen LogP contribution in [0.4, 0.5) is 11.4 Å². The highest BCUT2D eigenvalue weighted by molar-refractivity contribution is 6.09. The zero-order valence-electron chi connectivity index (χ0n) is 17.5. The molecule has 0 aliphatic carbocycles. The smallest absolute Gasteiger partial charge is 0.359 e. The van der Waals surface area contributed by atoms with Crippen LogP contribution in [0, 0.1) is 10.1 Å². The van der Waals surface area contributed by atoms with Crippen LogP contribution in [0.1, 0.15) is 33.5 Å². The van der Waals surface area contributed by atoms with Gasteiger partial charge < -0.3 is 14.4 Å². The fraction of sp³-hybridized carbons (Fsp3) is 0.227. The van der Waals surface area contributed by atoms with E-state index in [2.05, 4.69) is 5.10 Å². The van der Waals surface area contributed by atoms with Gasteiger partial charge in [-0.3, -0.25) is 14.9 Å². The third-order valence-electron chi connectivity index (χ3n) is 5.16. The predicted octanol–water partition coefficient (Wildman–Crippen LogP) is 3.17. The minimum absolute atomic E-state index is 0.0649. The average Bonchev–Trinajstić information content (AvgIpc) is 3.20. The van der Waals surface area contributed by atoms with Gasteiger partial charge >= 0.3 is 5.97 Å². The van der Waals surface area contributed by atoms with Crippen LogP contribution >= 0.6 is 0 Å². The number of aromatic nitrogens is 2. The first-order valence-corrected chi connectivity index (χ1v) is 9.94. The summed E-state index contributed by atoms with van der Waals surface area (Å²) in [6.45, 7) is 2.17. The number of methoxy groups -OCH3 is 1. The van der Waals surface area contributed by atoms with Gasteiger partial charge in [-0.2, -0.15) is 5.10 Å². The number of benzene rings is 2. The van der Waals surface area contributed by atoms with Gasteiger partial charge in [-0.1, -0.05) is 6.07 Å². The van der Waals surface area contributed by atoms with Crippen LogP contribution in [0.2, 0.25) is 0 Å². The molecule has 0 saturated heterocycles. The van der Waals surface area contributed by atoms with Gasteiger partial charge in [0.15, 0.2) is 5.69 Å². The number of fused-ring (bicyclic) bond motifs is 1. The Balaban J connectivity index is 1.81. The predicted molar refractivity (Wildman–Crippen MR) is 115 cm³/mol. The molecule has 0 N–H and O–H groups in total. The summed E-state index contributed by atoms with van der Waals surface area (Å²) in [6.07, 6.45) is 0.371. The second-order valence-corrected chi connectivity index (χ2v) is 6.99. The quantitative estimate of drug-likeness (QED) is 0.331. The normalized spacial score (nSPS) is 12.9. The van der Waals surface area contributed by atoms with Crippen LogP contribution in [0.3, 0.4) is 0 Å². The molecule has 164 valence electrons. The maximum absolute atomic E-state index is 13.5. The Bertz CT molecular complexity index is 1200. The Morgan fingerprint density at radius 2 is 1.94 bits per heavy atom. The summed E-state index contributed by atoms with van der Waals surface area (Å²) in [7, 11) is 1.53. The third kappa shape index (κ3) is 3.66. The topological polar surface area (TPSA) is 117 Å². The van der Waals surface area contributed by atoms with Crippen LogP contribution in [0.25, 0.3) is 5.69 Å².